The molecule has 27 heavy (non-hydrogen) atoms. The summed E-state index contributed by atoms with van der Waals surface area (Å²) in [5.41, 5.74) is 0.728. The summed E-state index contributed by atoms with van der Waals surface area (Å²) in [5, 5.41) is 13.9. The molecule has 2 aromatic rings. The molecule has 0 fully saturated rings. The van der Waals surface area contributed by atoms with Gasteiger partial charge in [0.1, 0.15) is 5.75 Å². The minimum atomic E-state index is -0.594. The maximum Gasteiger partial charge on any atom is 0.270 e. The van der Waals surface area contributed by atoms with Crippen molar-refractivity contribution in [1.82, 2.24) is 4.90 Å². The van der Waals surface area contributed by atoms with E-state index >= 15 is 0 Å². The number of carbonyl (C=O) groups excluding carboxylic acids is 2. The van der Waals surface area contributed by atoms with Gasteiger partial charge in [-0.2, -0.15) is 0 Å². The largest absolute Gasteiger partial charge is 0.494 e. The van der Waals surface area contributed by atoms with Crippen LogP contribution < -0.4 is 10.1 Å². The third-order valence-electron chi connectivity index (χ3n) is 4.23. The monoisotopic (exact) mass is 369 g/mol. The van der Waals surface area contributed by atoms with Gasteiger partial charge in [-0.25, -0.2) is 0 Å². The SMILES string of the molecule is CCCCOc1ccc(NCN2C(=O)c3ccc([N+](=O)[O-])cc3C2=O)cc1. The molecule has 0 radical (unpaired) electrons. The highest BCUT2D eigenvalue weighted by atomic mass is 16.6. The molecule has 8 heteroatoms. The first kappa shape index (κ1) is 18.4. The average Bonchev–Trinajstić information content (AvgIpc) is 2.91. The molecule has 0 saturated carbocycles. The van der Waals surface area contributed by atoms with Crippen molar-refractivity contribution >= 4 is 23.2 Å². The number of amides is 2. The first-order valence-electron chi connectivity index (χ1n) is 8.62. The maximum absolute atomic E-state index is 12.4. The first-order valence-corrected chi connectivity index (χ1v) is 8.62. The smallest absolute Gasteiger partial charge is 0.270 e. The van der Waals surface area contributed by atoms with Crippen LogP contribution in [0.3, 0.4) is 0 Å². The fourth-order valence-electron chi connectivity index (χ4n) is 2.71. The van der Waals surface area contributed by atoms with Crippen molar-refractivity contribution in [3.05, 3.63) is 63.7 Å². The van der Waals surface area contributed by atoms with E-state index in [-0.39, 0.29) is 23.5 Å². The van der Waals surface area contributed by atoms with Gasteiger partial charge >= 0.3 is 0 Å². The van der Waals surface area contributed by atoms with Crippen LogP contribution in [0.2, 0.25) is 0 Å². The van der Waals surface area contributed by atoms with Gasteiger partial charge in [-0.1, -0.05) is 13.3 Å². The summed E-state index contributed by atoms with van der Waals surface area (Å²) in [7, 11) is 0. The summed E-state index contributed by atoms with van der Waals surface area (Å²) in [5.74, 6) is -0.273. The van der Waals surface area contributed by atoms with Crippen LogP contribution in [0.4, 0.5) is 11.4 Å². The van der Waals surface area contributed by atoms with Crippen LogP contribution in [-0.4, -0.2) is 34.9 Å². The van der Waals surface area contributed by atoms with E-state index < -0.39 is 16.7 Å². The number of nitrogens with one attached hydrogen (secondary N) is 1. The quantitative estimate of drug-likeness (QED) is 0.331. The van der Waals surface area contributed by atoms with Gasteiger partial charge in [-0.3, -0.25) is 24.6 Å². The number of hydrogen-bond acceptors (Lipinski definition) is 6. The van der Waals surface area contributed by atoms with Crippen molar-refractivity contribution in [2.24, 2.45) is 0 Å². The molecule has 1 N–H and O–H groups in total. The Morgan fingerprint density at radius 2 is 1.78 bits per heavy atom. The lowest BCUT2D eigenvalue weighted by Crippen LogP contribution is -2.34. The summed E-state index contributed by atoms with van der Waals surface area (Å²) in [4.78, 5) is 36.1. The van der Waals surface area contributed by atoms with Crippen LogP contribution in [0.25, 0.3) is 0 Å². The van der Waals surface area contributed by atoms with Gasteiger partial charge in [0.25, 0.3) is 17.5 Å². The minimum Gasteiger partial charge on any atom is -0.494 e. The summed E-state index contributed by atoms with van der Waals surface area (Å²) in [6.45, 7) is 2.72. The number of imide groups is 1. The predicted molar refractivity (Wildman–Crippen MR) is 98.9 cm³/mol. The van der Waals surface area contributed by atoms with E-state index in [1.807, 2.05) is 12.1 Å². The molecule has 140 valence electrons. The third-order valence-corrected chi connectivity index (χ3v) is 4.23. The molecule has 1 heterocycles. The Morgan fingerprint density at radius 3 is 2.44 bits per heavy atom. The Labute approximate surface area is 155 Å². The van der Waals surface area contributed by atoms with E-state index in [4.69, 9.17) is 4.74 Å². The summed E-state index contributed by atoms with van der Waals surface area (Å²) < 4.78 is 5.58. The Balaban J connectivity index is 1.64. The van der Waals surface area contributed by atoms with Crippen LogP contribution in [0, 0.1) is 10.1 Å². The van der Waals surface area contributed by atoms with Crippen molar-refractivity contribution in [2.75, 3.05) is 18.6 Å². The van der Waals surface area contributed by atoms with E-state index in [1.54, 1.807) is 12.1 Å². The molecule has 1 aliphatic rings. The van der Waals surface area contributed by atoms with Crippen molar-refractivity contribution in [3.8, 4) is 5.75 Å². The standard InChI is InChI=1S/C19H19N3O5/c1-2-3-10-27-15-7-4-13(5-8-15)20-12-21-18(23)16-9-6-14(22(25)26)11-17(16)19(21)24/h4-9,11,20H,2-3,10,12H2,1H3. The summed E-state index contributed by atoms with van der Waals surface area (Å²) in [6.07, 6.45) is 2.04. The molecule has 0 aromatic heterocycles. The van der Waals surface area contributed by atoms with Gasteiger partial charge in [0.2, 0.25) is 0 Å². The number of nitro groups is 1. The van der Waals surface area contributed by atoms with Crippen LogP contribution >= 0.6 is 0 Å². The third kappa shape index (κ3) is 3.89. The first-order chi connectivity index (χ1) is 13.0. The molecule has 3 rings (SSSR count). The Kier molecular flexibility index (Phi) is 5.35. The van der Waals surface area contributed by atoms with Crippen molar-refractivity contribution in [1.29, 1.82) is 0 Å². The van der Waals surface area contributed by atoms with Gasteiger partial charge in [-0.15, -0.1) is 0 Å². The Hall–Kier alpha value is -3.42. The summed E-state index contributed by atoms with van der Waals surface area (Å²) >= 11 is 0. The van der Waals surface area contributed by atoms with Crippen LogP contribution in [0.15, 0.2) is 42.5 Å². The van der Waals surface area contributed by atoms with E-state index in [0.29, 0.717) is 6.61 Å². The topological polar surface area (TPSA) is 102 Å². The lowest BCUT2D eigenvalue weighted by molar-refractivity contribution is -0.384. The molecule has 0 unspecified atom stereocenters. The Bertz CT molecular complexity index is 879. The number of rotatable bonds is 8. The highest BCUT2D eigenvalue weighted by Crippen LogP contribution is 2.27. The predicted octanol–water partition coefficient (Wildman–Crippen LogP) is 3.44. The summed E-state index contributed by atoms with van der Waals surface area (Å²) in [6, 6.07) is 10.9. The molecule has 1 aliphatic heterocycles. The van der Waals surface area contributed by atoms with Gasteiger partial charge < -0.3 is 10.1 Å². The number of unbranched alkanes of at least 4 members (excludes halogenated alkanes) is 1. The van der Waals surface area contributed by atoms with Gasteiger partial charge in [0.05, 0.1) is 29.3 Å². The van der Waals surface area contributed by atoms with Crippen LogP contribution in [-0.2, 0) is 0 Å². The molecule has 8 nitrogen and oxygen atoms in total. The molecule has 2 amide bonds. The zero-order valence-corrected chi connectivity index (χ0v) is 14.8. The number of fused-ring (bicyclic) bond motifs is 1. The number of carbonyl (C=O) groups is 2. The van der Waals surface area contributed by atoms with Crippen LogP contribution in [0.1, 0.15) is 40.5 Å². The second-order valence-electron chi connectivity index (χ2n) is 6.09. The van der Waals surface area contributed by atoms with E-state index in [2.05, 4.69) is 12.2 Å². The number of anilines is 1. The number of non-ortho nitro benzene ring substituents is 1. The second kappa shape index (κ2) is 7.86. The molecular formula is C19H19N3O5. The normalized spacial score (nSPS) is 12.9. The van der Waals surface area contributed by atoms with Crippen molar-refractivity contribution < 1.29 is 19.2 Å². The fourth-order valence-corrected chi connectivity index (χ4v) is 2.71. The molecular weight excluding hydrogens is 350 g/mol. The fraction of sp³-hybridized carbons (Fsp3) is 0.263. The van der Waals surface area contributed by atoms with Crippen molar-refractivity contribution in [3.63, 3.8) is 0 Å². The maximum atomic E-state index is 12.4. The number of hydrogen-bond donors (Lipinski definition) is 1. The number of ether oxygens (including phenoxy) is 1. The molecule has 0 aliphatic carbocycles. The van der Waals surface area contributed by atoms with E-state index in [9.17, 15) is 19.7 Å². The zero-order valence-electron chi connectivity index (χ0n) is 14.8. The minimum absolute atomic E-state index is 0.0316. The van der Waals surface area contributed by atoms with E-state index in [0.717, 1.165) is 35.2 Å². The lowest BCUT2D eigenvalue weighted by Gasteiger charge is -2.16. The van der Waals surface area contributed by atoms with Gasteiger partial charge in [0, 0.05) is 17.8 Å². The van der Waals surface area contributed by atoms with E-state index in [1.165, 1.54) is 12.1 Å². The van der Waals surface area contributed by atoms with Gasteiger partial charge in [0.15, 0.2) is 0 Å². The molecule has 0 atom stereocenters. The molecule has 0 bridgehead atoms. The van der Waals surface area contributed by atoms with Crippen molar-refractivity contribution in [2.45, 2.75) is 19.8 Å². The molecule has 0 spiro atoms. The van der Waals surface area contributed by atoms with Crippen LogP contribution in [0.5, 0.6) is 5.75 Å². The molecule has 0 saturated heterocycles. The van der Waals surface area contributed by atoms with Gasteiger partial charge in [-0.05, 0) is 36.8 Å². The number of nitrogens with zero attached hydrogens (tertiary/aromatic N) is 2. The average molecular weight is 369 g/mol. The number of benzene rings is 2. The highest BCUT2D eigenvalue weighted by molar-refractivity contribution is 6.21. The zero-order chi connectivity index (χ0) is 19.4. The second-order valence-corrected chi connectivity index (χ2v) is 6.09. The highest BCUT2D eigenvalue weighted by Gasteiger charge is 2.36. The lowest BCUT2D eigenvalue weighted by atomic mass is 10.1. The molecule has 2 aromatic carbocycles. The number of nitro benzene ring substituents is 1. The Morgan fingerprint density at radius 1 is 1.07 bits per heavy atom.